The first-order valence-corrected chi connectivity index (χ1v) is 7.56. The van der Waals surface area contributed by atoms with Gasteiger partial charge in [0.15, 0.2) is 0 Å². The third-order valence-corrected chi connectivity index (χ3v) is 4.02. The first kappa shape index (κ1) is 16.8. The Morgan fingerprint density at radius 3 is 2.59 bits per heavy atom. The maximum Gasteiger partial charge on any atom is 0.416 e. The first-order chi connectivity index (χ1) is 10.4. The number of ether oxygens (including phenoxy) is 1. The van der Waals surface area contributed by atoms with Gasteiger partial charge in [-0.15, -0.1) is 0 Å². The van der Waals surface area contributed by atoms with Gasteiger partial charge in [-0.05, 0) is 19.1 Å². The lowest BCUT2D eigenvalue weighted by Gasteiger charge is -2.28. The fraction of sp³-hybridized carbons (Fsp3) is 0.562. The standard InChI is InChI=1S/C16H20F3NO2/c1-2-22-15(21)13-6-8-20(9-7-13)11-12-4-3-5-14(10-12)16(17,18)19/h3-5,10,13H,2,6-9,11H2,1H3/p+1. The van der Waals surface area contributed by atoms with Crippen molar-refractivity contribution in [1.82, 2.24) is 0 Å². The molecule has 0 bridgehead atoms. The highest BCUT2D eigenvalue weighted by atomic mass is 19.4. The summed E-state index contributed by atoms with van der Waals surface area (Å²) in [6, 6.07) is 5.47. The summed E-state index contributed by atoms with van der Waals surface area (Å²) in [5.74, 6) is -0.217. The molecule has 0 atom stereocenters. The van der Waals surface area contributed by atoms with Crippen molar-refractivity contribution in [2.75, 3.05) is 19.7 Å². The van der Waals surface area contributed by atoms with E-state index in [1.807, 2.05) is 0 Å². The van der Waals surface area contributed by atoms with E-state index in [-0.39, 0.29) is 11.9 Å². The number of hydrogen-bond donors (Lipinski definition) is 1. The summed E-state index contributed by atoms with van der Waals surface area (Å²) >= 11 is 0. The minimum atomic E-state index is -4.30. The number of carbonyl (C=O) groups excluding carboxylic acids is 1. The Morgan fingerprint density at radius 2 is 2.00 bits per heavy atom. The van der Waals surface area contributed by atoms with Gasteiger partial charge in [-0.1, -0.05) is 12.1 Å². The van der Waals surface area contributed by atoms with Crippen LogP contribution in [0.1, 0.15) is 30.9 Å². The van der Waals surface area contributed by atoms with Crippen LogP contribution >= 0.6 is 0 Å². The molecule has 0 spiro atoms. The molecule has 1 aromatic rings. The summed E-state index contributed by atoms with van der Waals surface area (Å²) < 4.78 is 43.1. The van der Waals surface area contributed by atoms with Crippen molar-refractivity contribution < 1.29 is 27.6 Å². The zero-order valence-electron chi connectivity index (χ0n) is 12.6. The molecule has 1 saturated heterocycles. The average Bonchev–Trinajstić information content (AvgIpc) is 2.48. The third-order valence-electron chi connectivity index (χ3n) is 4.02. The smallest absolute Gasteiger partial charge is 0.416 e. The molecule has 0 aromatic heterocycles. The lowest BCUT2D eigenvalue weighted by atomic mass is 9.96. The van der Waals surface area contributed by atoms with Crippen LogP contribution in [0.5, 0.6) is 0 Å². The van der Waals surface area contributed by atoms with Gasteiger partial charge in [0.05, 0.1) is 31.2 Å². The number of nitrogens with one attached hydrogen (secondary N) is 1. The van der Waals surface area contributed by atoms with Gasteiger partial charge in [-0.3, -0.25) is 4.79 Å². The zero-order valence-corrected chi connectivity index (χ0v) is 12.6. The molecule has 0 saturated carbocycles. The second-order valence-corrected chi connectivity index (χ2v) is 5.65. The number of hydrogen-bond acceptors (Lipinski definition) is 2. The number of carbonyl (C=O) groups is 1. The highest BCUT2D eigenvalue weighted by Gasteiger charge is 2.31. The molecule has 0 aliphatic carbocycles. The van der Waals surface area contributed by atoms with E-state index in [1.54, 1.807) is 13.0 Å². The molecule has 0 radical (unpaired) electrons. The van der Waals surface area contributed by atoms with E-state index in [2.05, 4.69) is 0 Å². The summed E-state index contributed by atoms with van der Waals surface area (Å²) in [5, 5.41) is 0. The third kappa shape index (κ3) is 4.47. The largest absolute Gasteiger partial charge is 0.466 e. The normalized spacial score (nSPS) is 22.4. The van der Waals surface area contributed by atoms with Gasteiger partial charge in [0, 0.05) is 18.4 Å². The SMILES string of the molecule is CCOC(=O)C1CC[NH+](Cc2cccc(C(F)(F)F)c2)CC1. The van der Waals surface area contributed by atoms with Crippen molar-refractivity contribution >= 4 is 5.97 Å². The lowest BCUT2D eigenvalue weighted by Crippen LogP contribution is -3.11. The topological polar surface area (TPSA) is 30.7 Å². The van der Waals surface area contributed by atoms with Crippen LogP contribution in [0.15, 0.2) is 24.3 Å². The van der Waals surface area contributed by atoms with Crippen LogP contribution < -0.4 is 4.90 Å². The van der Waals surface area contributed by atoms with Gasteiger partial charge >= 0.3 is 12.1 Å². The molecule has 1 fully saturated rings. The molecular formula is C16H21F3NO2+. The molecule has 1 heterocycles. The number of piperidine rings is 1. The Morgan fingerprint density at radius 1 is 1.32 bits per heavy atom. The molecule has 1 aromatic carbocycles. The Hall–Kier alpha value is -1.56. The molecule has 1 aliphatic heterocycles. The molecule has 1 aliphatic rings. The van der Waals surface area contributed by atoms with Crippen molar-refractivity contribution in [2.24, 2.45) is 5.92 Å². The number of alkyl halides is 3. The number of likely N-dealkylation sites (tertiary alicyclic amines) is 1. The Bertz CT molecular complexity index is 508. The van der Waals surface area contributed by atoms with Crippen LogP contribution in [0.4, 0.5) is 13.2 Å². The van der Waals surface area contributed by atoms with Gasteiger partial charge < -0.3 is 9.64 Å². The second kappa shape index (κ2) is 7.13. The molecule has 22 heavy (non-hydrogen) atoms. The van der Waals surface area contributed by atoms with E-state index in [9.17, 15) is 18.0 Å². The lowest BCUT2D eigenvalue weighted by molar-refractivity contribution is -0.919. The average molecular weight is 316 g/mol. The fourth-order valence-electron chi connectivity index (χ4n) is 2.84. The number of quaternary nitrogens is 1. The molecule has 0 amide bonds. The van der Waals surface area contributed by atoms with E-state index in [0.717, 1.165) is 32.0 Å². The Labute approximate surface area is 128 Å². The van der Waals surface area contributed by atoms with Gasteiger partial charge in [0.1, 0.15) is 6.54 Å². The van der Waals surface area contributed by atoms with E-state index < -0.39 is 11.7 Å². The minimum Gasteiger partial charge on any atom is -0.466 e. The van der Waals surface area contributed by atoms with Gasteiger partial charge in [0.2, 0.25) is 0 Å². The summed E-state index contributed by atoms with van der Waals surface area (Å²) in [6.07, 6.45) is -2.84. The monoisotopic (exact) mass is 316 g/mol. The molecule has 0 unspecified atom stereocenters. The van der Waals surface area contributed by atoms with E-state index in [0.29, 0.717) is 18.7 Å². The molecule has 6 heteroatoms. The van der Waals surface area contributed by atoms with Crippen LogP contribution in [0.25, 0.3) is 0 Å². The molecule has 1 N–H and O–H groups in total. The summed E-state index contributed by atoms with van der Waals surface area (Å²) in [7, 11) is 0. The predicted molar refractivity (Wildman–Crippen MR) is 75.2 cm³/mol. The Balaban J connectivity index is 1.90. The maximum atomic E-state index is 12.7. The molecule has 3 nitrogen and oxygen atoms in total. The maximum absolute atomic E-state index is 12.7. The fourth-order valence-corrected chi connectivity index (χ4v) is 2.84. The Kier molecular flexibility index (Phi) is 5.45. The van der Waals surface area contributed by atoms with E-state index in [4.69, 9.17) is 4.74 Å². The molecule has 122 valence electrons. The van der Waals surface area contributed by atoms with E-state index >= 15 is 0 Å². The van der Waals surface area contributed by atoms with Crippen molar-refractivity contribution in [3.63, 3.8) is 0 Å². The van der Waals surface area contributed by atoms with Crippen LogP contribution in [0, 0.1) is 5.92 Å². The predicted octanol–water partition coefficient (Wildman–Crippen LogP) is 2.06. The van der Waals surface area contributed by atoms with Crippen molar-refractivity contribution in [1.29, 1.82) is 0 Å². The van der Waals surface area contributed by atoms with Crippen molar-refractivity contribution in [3.8, 4) is 0 Å². The quantitative estimate of drug-likeness (QED) is 0.862. The van der Waals surface area contributed by atoms with E-state index in [1.165, 1.54) is 17.0 Å². The first-order valence-electron chi connectivity index (χ1n) is 7.56. The van der Waals surface area contributed by atoms with Crippen LogP contribution in [-0.2, 0) is 22.3 Å². The second-order valence-electron chi connectivity index (χ2n) is 5.65. The van der Waals surface area contributed by atoms with Crippen LogP contribution in [0.3, 0.4) is 0 Å². The van der Waals surface area contributed by atoms with Crippen LogP contribution in [0.2, 0.25) is 0 Å². The van der Waals surface area contributed by atoms with Gasteiger partial charge in [-0.25, -0.2) is 0 Å². The van der Waals surface area contributed by atoms with Crippen LogP contribution in [-0.4, -0.2) is 25.7 Å². The zero-order chi connectivity index (χ0) is 16.2. The van der Waals surface area contributed by atoms with Crippen molar-refractivity contribution in [3.05, 3.63) is 35.4 Å². The number of benzene rings is 1. The summed E-state index contributed by atoms with van der Waals surface area (Å²) in [6.45, 7) is 4.28. The van der Waals surface area contributed by atoms with Gasteiger partial charge in [0.25, 0.3) is 0 Å². The highest BCUT2D eigenvalue weighted by Crippen LogP contribution is 2.29. The van der Waals surface area contributed by atoms with Gasteiger partial charge in [-0.2, -0.15) is 13.2 Å². The van der Waals surface area contributed by atoms with Crippen molar-refractivity contribution in [2.45, 2.75) is 32.5 Å². The number of esters is 1. The minimum absolute atomic E-state index is 0.0646. The number of rotatable bonds is 4. The molecule has 2 rings (SSSR count). The highest BCUT2D eigenvalue weighted by molar-refractivity contribution is 5.72. The summed E-state index contributed by atoms with van der Waals surface area (Å²) in [4.78, 5) is 12.9. The summed E-state index contributed by atoms with van der Waals surface area (Å²) in [5.41, 5.74) is 0.0743. The molecular weight excluding hydrogens is 295 g/mol. The number of halogens is 3.